The molecule has 0 radical (unpaired) electrons. The van der Waals surface area contributed by atoms with E-state index >= 15 is 0 Å². The monoisotopic (exact) mass is 488 g/mol. The van der Waals surface area contributed by atoms with Crippen LogP contribution < -0.4 is 38.9 Å². The number of carboxylic acids is 1. The first kappa shape index (κ1) is 30.5. The number of aliphatic hydroxyl groups is 1. The van der Waals surface area contributed by atoms with Crippen LogP contribution in [0.5, 0.6) is 0 Å². The summed E-state index contributed by atoms with van der Waals surface area (Å²) >= 11 is 0. The number of nitrogens with two attached hydrogens (primary N) is 4. The van der Waals surface area contributed by atoms with Crippen molar-refractivity contribution in [3.63, 3.8) is 0 Å². The topological polar surface area (TPSA) is 278 Å². The molecule has 0 fully saturated rings. The second-order valence-electron chi connectivity index (χ2n) is 8.06. The lowest BCUT2D eigenvalue weighted by atomic mass is 10.0. The van der Waals surface area contributed by atoms with Gasteiger partial charge in [0.2, 0.25) is 23.6 Å². The lowest BCUT2D eigenvalue weighted by molar-refractivity contribution is -0.142. The molecule has 0 bridgehead atoms. The molecule has 4 amide bonds. The second-order valence-corrected chi connectivity index (χ2v) is 8.06. The van der Waals surface area contributed by atoms with Crippen LogP contribution in [0.2, 0.25) is 0 Å². The van der Waals surface area contributed by atoms with E-state index in [1.165, 1.54) is 0 Å². The van der Waals surface area contributed by atoms with E-state index in [2.05, 4.69) is 20.9 Å². The summed E-state index contributed by atoms with van der Waals surface area (Å²) in [5, 5.41) is 25.8. The van der Waals surface area contributed by atoms with Crippen molar-refractivity contribution in [3.8, 4) is 0 Å². The van der Waals surface area contributed by atoms with Gasteiger partial charge in [-0.15, -0.1) is 0 Å². The standard InChI is InChI=1S/C19H36N8O7/c1-9(2)6-12(26-15(30)10(20)7-14(21)29)16(31)27-13(8-28)17(32)25-11(18(33)34)4-3-5-24-19(22)23/h9-13,28H,3-8,20H2,1-2H3,(H2,21,29)(H,25,32)(H,26,30)(H,27,31)(H,33,34)(H4,22,23,24). The number of amides is 4. The van der Waals surface area contributed by atoms with Crippen molar-refractivity contribution in [2.75, 3.05) is 13.2 Å². The molecule has 0 aromatic rings. The van der Waals surface area contributed by atoms with Crippen LogP contribution in [0.4, 0.5) is 0 Å². The Bertz CT molecular complexity index is 755. The minimum atomic E-state index is -1.49. The molecule has 194 valence electrons. The summed E-state index contributed by atoms with van der Waals surface area (Å²) in [7, 11) is 0. The Hall–Kier alpha value is -3.46. The van der Waals surface area contributed by atoms with Gasteiger partial charge in [-0.25, -0.2) is 4.79 Å². The normalized spacial score (nSPS) is 14.3. The maximum absolute atomic E-state index is 12.7. The van der Waals surface area contributed by atoms with Crippen LogP contribution in [0.15, 0.2) is 4.99 Å². The van der Waals surface area contributed by atoms with Crippen LogP contribution in [-0.4, -0.2) is 83.1 Å². The summed E-state index contributed by atoms with van der Waals surface area (Å²) in [6.45, 7) is 2.88. The van der Waals surface area contributed by atoms with Gasteiger partial charge in [0.1, 0.15) is 18.1 Å². The second kappa shape index (κ2) is 15.4. The zero-order valence-electron chi connectivity index (χ0n) is 19.3. The Morgan fingerprint density at radius 2 is 1.41 bits per heavy atom. The molecule has 34 heavy (non-hydrogen) atoms. The quantitative estimate of drug-likeness (QED) is 0.0573. The van der Waals surface area contributed by atoms with Gasteiger partial charge in [0.05, 0.1) is 19.1 Å². The third-order valence-electron chi connectivity index (χ3n) is 4.47. The van der Waals surface area contributed by atoms with Crippen LogP contribution in [0.1, 0.15) is 39.5 Å². The molecule has 4 unspecified atom stereocenters. The molecular formula is C19H36N8O7. The molecule has 15 nitrogen and oxygen atoms in total. The molecule has 13 N–H and O–H groups in total. The molecule has 4 atom stereocenters. The first-order valence-electron chi connectivity index (χ1n) is 10.6. The number of nitrogens with zero attached hydrogens (tertiary/aromatic N) is 1. The number of aliphatic imine (C=N–C) groups is 1. The lowest BCUT2D eigenvalue weighted by Gasteiger charge is -2.25. The fourth-order valence-corrected chi connectivity index (χ4v) is 2.79. The number of hydrogen-bond donors (Lipinski definition) is 9. The summed E-state index contributed by atoms with van der Waals surface area (Å²) in [5.74, 6) is -4.88. The van der Waals surface area contributed by atoms with E-state index in [1.807, 2.05) is 0 Å². The van der Waals surface area contributed by atoms with Gasteiger partial charge in [-0.3, -0.25) is 24.2 Å². The fraction of sp³-hybridized carbons (Fsp3) is 0.684. The van der Waals surface area contributed by atoms with E-state index < -0.39 is 66.8 Å². The van der Waals surface area contributed by atoms with Gasteiger partial charge < -0.3 is 49.1 Å². The maximum Gasteiger partial charge on any atom is 0.326 e. The summed E-state index contributed by atoms with van der Waals surface area (Å²) in [5.41, 5.74) is 21.0. The van der Waals surface area contributed by atoms with Crippen LogP contribution in [-0.2, 0) is 24.0 Å². The van der Waals surface area contributed by atoms with Crippen molar-refractivity contribution >= 4 is 35.6 Å². The third kappa shape index (κ3) is 12.5. The SMILES string of the molecule is CC(C)CC(NC(=O)C(N)CC(N)=O)C(=O)NC(CO)C(=O)NC(CCCN=C(N)N)C(=O)O. The summed E-state index contributed by atoms with van der Waals surface area (Å²) in [6.07, 6.45) is -0.0282. The molecule has 0 saturated carbocycles. The van der Waals surface area contributed by atoms with Crippen LogP contribution in [0, 0.1) is 5.92 Å². The van der Waals surface area contributed by atoms with E-state index in [0.717, 1.165) is 0 Å². The van der Waals surface area contributed by atoms with Gasteiger partial charge in [0, 0.05) is 6.54 Å². The van der Waals surface area contributed by atoms with Crippen molar-refractivity contribution in [2.24, 2.45) is 33.8 Å². The Kier molecular flexibility index (Phi) is 13.8. The van der Waals surface area contributed by atoms with E-state index in [9.17, 15) is 34.2 Å². The van der Waals surface area contributed by atoms with Gasteiger partial charge in [-0.05, 0) is 25.2 Å². The maximum atomic E-state index is 12.7. The molecular weight excluding hydrogens is 452 g/mol. The number of aliphatic hydroxyl groups excluding tert-OH is 1. The van der Waals surface area contributed by atoms with E-state index in [0.29, 0.717) is 0 Å². The van der Waals surface area contributed by atoms with Crippen LogP contribution >= 0.6 is 0 Å². The number of hydrogen-bond acceptors (Lipinski definition) is 8. The zero-order chi connectivity index (χ0) is 26.4. The molecule has 0 aliphatic rings. The van der Waals surface area contributed by atoms with Crippen LogP contribution in [0.25, 0.3) is 0 Å². The van der Waals surface area contributed by atoms with E-state index in [4.69, 9.17) is 22.9 Å². The lowest BCUT2D eigenvalue weighted by Crippen LogP contribution is -2.58. The molecule has 0 spiro atoms. The highest BCUT2D eigenvalue weighted by atomic mass is 16.4. The smallest absolute Gasteiger partial charge is 0.326 e. The molecule has 0 saturated heterocycles. The molecule has 0 heterocycles. The molecule has 0 rings (SSSR count). The third-order valence-corrected chi connectivity index (χ3v) is 4.47. The fourth-order valence-electron chi connectivity index (χ4n) is 2.79. The van der Waals surface area contributed by atoms with Gasteiger partial charge in [0.25, 0.3) is 0 Å². The van der Waals surface area contributed by atoms with Crippen molar-refractivity contribution in [1.29, 1.82) is 0 Å². The Balaban J connectivity index is 5.20. The number of aliphatic carboxylic acids is 1. The Morgan fingerprint density at radius 1 is 0.882 bits per heavy atom. The summed E-state index contributed by atoms with van der Waals surface area (Å²) in [4.78, 5) is 63.6. The van der Waals surface area contributed by atoms with Crippen molar-refractivity contribution in [2.45, 2.75) is 63.7 Å². The predicted molar refractivity (Wildman–Crippen MR) is 122 cm³/mol. The van der Waals surface area contributed by atoms with Gasteiger partial charge in [-0.2, -0.15) is 0 Å². The van der Waals surface area contributed by atoms with E-state index in [-0.39, 0.29) is 37.7 Å². The zero-order valence-corrected chi connectivity index (χ0v) is 19.3. The summed E-state index contributed by atoms with van der Waals surface area (Å²) in [6, 6.07) is -5.21. The average Bonchev–Trinajstić information content (AvgIpc) is 2.71. The number of carbonyl (C=O) groups excluding carboxylic acids is 4. The predicted octanol–water partition coefficient (Wildman–Crippen LogP) is -4.18. The van der Waals surface area contributed by atoms with Gasteiger partial charge in [0.15, 0.2) is 5.96 Å². The number of nitrogens with one attached hydrogen (secondary N) is 3. The van der Waals surface area contributed by atoms with Crippen molar-refractivity contribution in [3.05, 3.63) is 0 Å². The first-order valence-corrected chi connectivity index (χ1v) is 10.6. The van der Waals surface area contributed by atoms with Gasteiger partial charge in [-0.1, -0.05) is 13.8 Å². The van der Waals surface area contributed by atoms with Gasteiger partial charge >= 0.3 is 5.97 Å². The van der Waals surface area contributed by atoms with E-state index in [1.54, 1.807) is 13.8 Å². The minimum Gasteiger partial charge on any atom is -0.480 e. The summed E-state index contributed by atoms with van der Waals surface area (Å²) < 4.78 is 0. The highest BCUT2D eigenvalue weighted by molar-refractivity contribution is 5.95. The Morgan fingerprint density at radius 3 is 1.88 bits per heavy atom. The number of rotatable bonds is 16. The molecule has 0 aromatic heterocycles. The number of carboxylic acid groups (broad SMARTS) is 1. The largest absolute Gasteiger partial charge is 0.480 e. The average molecular weight is 489 g/mol. The Labute approximate surface area is 197 Å². The molecule has 0 aliphatic heterocycles. The number of guanidine groups is 1. The number of primary amides is 1. The molecule has 15 heteroatoms. The van der Waals surface area contributed by atoms with Crippen LogP contribution in [0.3, 0.4) is 0 Å². The highest BCUT2D eigenvalue weighted by Crippen LogP contribution is 2.07. The van der Waals surface area contributed by atoms with Crippen molar-refractivity contribution < 1.29 is 34.2 Å². The molecule has 0 aromatic carbocycles. The van der Waals surface area contributed by atoms with Crippen molar-refractivity contribution in [1.82, 2.24) is 16.0 Å². The minimum absolute atomic E-state index is 0.00622. The molecule has 0 aliphatic carbocycles. The number of carbonyl (C=O) groups is 5. The highest BCUT2D eigenvalue weighted by Gasteiger charge is 2.30. The first-order chi connectivity index (χ1) is 15.8.